The van der Waals surface area contributed by atoms with Crippen LogP contribution in [0.4, 0.5) is 5.69 Å². The van der Waals surface area contributed by atoms with Crippen molar-refractivity contribution in [2.24, 2.45) is 0 Å². The molecule has 2 N–H and O–H groups in total. The molecule has 0 spiro atoms. The highest BCUT2D eigenvalue weighted by molar-refractivity contribution is 5.98. The number of piperidine rings is 1. The third-order valence-electron chi connectivity index (χ3n) is 4.81. The number of rotatable bonds is 7. The molecule has 1 heterocycles. The molecule has 1 atom stereocenters. The molecule has 0 radical (unpaired) electrons. The number of hydrogen-bond acceptors (Lipinski definition) is 3. The highest BCUT2D eigenvalue weighted by Gasteiger charge is 2.32. The van der Waals surface area contributed by atoms with Crippen LogP contribution in [-0.2, 0) is 16.1 Å². The van der Waals surface area contributed by atoms with Crippen LogP contribution in [0.3, 0.4) is 0 Å². The van der Waals surface area contributed by atoms with Crippen molar-refractivity contribution in [3.8, 4) is 0 Å². The first kappa shape index (κ1) is 19.1. The molecule has 0 aliphatic carbocycles. The summed E-state index contributed by atoms with van der Waals surface area (Å²) in [5.74, 6) is -0.122. The van der Waals surface area contributed by atoms with Crippen LogP contribution in [0.1, 0.15) is 43.4 Å². The van der Waals surface area contributed by atoms with Crippen molar-refractivity contribution in [1.82, 2.24) is 10.2 Å². The predicted molar refractivity (Wildman–Crippen MR) is 107 cm³/mol. The van der Waals surface area contributed by atoms with Crippen molar-refractivity contribution in [3.05, 3.63) is 65.7 Å². The molecular weight excluding hydrogens is 338 g/mol. The van der Waals surface area contributed by atoms with Crippen LogP contribution in [-0.4, -0.2) is 29.8 Å². The fourth-order valence-corrected chi connectivity index (χ4v) is 3.45. The summed E-state index contributed by atoms with van der Waals surface area (Å²) in [6.45, 7) is 4.33. The van der Waals surface area contributed by atoms with Gasteiger partial charge in [0.1, 0.15) is 6.04 Å². The number of anilines is 1. The summed E-state index contributed by atoms with van der Waals surface area (Å²) in [6, 6.07) is 16.8. The minimum absolute atomic E-state index is 0.0474. The number of likely N-dealkylation sites (tertiary alicyclic amines) is 1. The van der Waals surface area contributed by atoms with Gasteiger partial charge in [0.25, 0.3) is 5.91 Å². The second-order valence-corrected chi connectivity index (χ2v) is 6.83. The minimum Gasteiger partial charge on any atom is -0.327 e. The molecular formula is C22H27N3O2. The molecule has 1 unspecified atom stereocenters. The van der Waals surface area contributed by atoms with Gasteiger partial charge in [0.2, 0.25) is 5.91 Å². The lowest BCUT2D eigenvalue weighted by Gasteiger charge is -2.34. The fraction of sp³-hybridized carbons (Fsp3) is 0.364. The Balaban J connectivity index is 1.82. The van der Waals surface area contributed by atoms with Gasteiger partial charge in [-0.15, -0.1) is 0 Å². The number of nitrogens with zero attached hydrogens (tertiary/aromatic N) is 1. The molecule has 2 aromatic carbocycles. The van der Waals surface area contributed by atoms with E-state index in [2.05, 4.69) is 17.6 Å². The topological polar surface area (TPSA) is 61.4 Å². The molecule has 0 bridgehead atoms. The average Bonchev–Trinajstić information content (AvgIpc) is 2.69. The van der Waals surface area contributed by atoms with Gasteiger partial charge < -0.3 is 15.5 Å². The van der Waals surface area contributed by atoms with Crippen molar-refractivity contribution >= 4 is 17.5 Å². The van der Waals surface area contributed by atoms with E-state index in [0.29, 0.717) is 13.0 Å². The van der Waals surface area contributed by atoms with E-state index in [1.54, 1.807) is 4.90 Å². The van der Waals surface area contributed by atoms with Crippen LogP contribution in [0.15, 0.2) is 54.6 Å². The van der Waals surface area contributed by atoms with E-state index < -0.39 is 6.04 Å². The number of carbonyl (C=O) groups excluding carboxylic acids is 2. The molecule has 1 aliphatic rings. The Hall–Kier alpha value is -2.66. The zero-order valence-corrected chi connectivity index (χ0v) is 15.8. The number of hydrogen-bond donors (Lipinski definition) is 2. The zero-order valence-electron chi connectivity index (χ0n) is 15.8. The maximum absolute atomic E-state index is 13.2. The first-order valence-corrected chi connectivity index (χ1v) is 9.64. The minimum atomic E-state index is -0.601. The Morgan fingerprint density at radius 3 is 2.67 bits per heavy atom. The molecule has 1 fully saturated rings. The Bertz CT molecular complexity index is 776. The fourth-order valence-electron chi connectivity index (χ4n) is 3.45. The largest absolute Gasteiger partial charge is 0.327 e. The summed E-state index contributed by atoms with van der Waals surface area (Å²) in [4.78, 5) is 27.4. The molecule has 1 saturated heterocycles. The quantitative estimate of drug-likeness (QED) is 0.790. The Labute approximate surface area is 160 Å². The molecule has 2 aromatic rings. The van der Waals surface area contributed by atoms with E-state index in [0.717, 1.165) is 42.7 Å². The van der Waals surface area contributed by atoms with Crippen molar-refractivity contribution in [1.29, 1.82) is 0 Å². The molecule has 27 heavy (non-hydrogen) atoms. The average molecular weight is 365 g/mol. The van der Waals surface area contributed by atoms with E-state index in [1.807, 2.05) is 54.6 Å². The van der Waals surface area contributed by atoms with Crippen LogP contribution in [0.25, 0.3) is 0 Å². The van der Waals surface area contributed by atoms with Crippen LogP contribution < -0.4 is 10.6 Å². The number of benzene rings is 2. The smallest absolute Gasteiger partial charge is 0.251 e. The van der Waals surface area contributed by atoms with Crippen molar-refractivity contribution in [3.63, 3.8) is 0 Å². The van der Waals surface area contributed by atoms with Crippen molar-refractivity contribution < 1.29 is 9.59 Å². The lowest BCUT2D eigenvalue weighted by atomic mass is 10.0. The molecule has 142 valence electrons. The van der Waals surface area contributed by atoms with Crippen molar-refractivity contribution in [2.75, 3.05) is 18.4 Å². The van der Waals surface area contributed by atoms with Crippen molar-refractivity contribution in [2.45, 2.75) is 38.8 Å². The summed E-state index contributed by atoms with van der Waals surface area (Å²) in [7, 11) is 0. The van der Waals surface area contributed by atoms with Crippen LogP contribution in [0.5, 0.6) is 0 Å². The van der Waals surface area contributed by atoms with Crippen LogP contribution in [0.2, 0.25) is 0 Å². The summed E-state index contributed by atoms with van der Waals surface area (Å²) in [5, 5.41) is 6.30. The lowest BCUT2D eigenvalue weighted by Crippen LogP contribution is -2.43. The first-order chi connectivity index (χ1) is 13.2. The third-order valence-corrected chi connectivity index (χ3v) is 4.81. The van der Waals surface area contributed by atoms with Gasteiger partial charge in [0.05, 0.1) is 0 Å². The van der Waals surface area contributed by atoms with Gasteiger partial charge in [-0.2, -0.15) is 0 Å². The molecule has 5 nitrogen and oxygen atoms in total. The van der Waals surface area contributed by atoms with E-state index in [4.69, 9.17) is 0 Å². The SMILES string of the molecule is CCNCc1cccc(NC(=O)C(c2ccccc2)N2CCCCC2=O)c1. The number of carbonyl (C=O) groups is 2. The van der Waals surface area contributed by atoms with Gasteiger partial charge in [-0.1, -0.05) is 49.4 Å². The van der Waals surface area contributed by atoms with E-state index in [1.165, 1.54) is 0 Å². The molecule has 5 heteroatoms. The summed E-state index contributed by atoms with van der Waals surface area (Å²) in [6.07, 6.45) is 2.33. The van der Waals surface area contributed by atoms with Crippen LogP contribution >= 0.6 is 0 Å². The third kappa shape index (κ3) is 4.95. The van der Waals surface area contributed by atoms with Gasteiger partial charge in [-0.25, -0.2) is 0 Å². The monoisotopic (exact) mass is 365 g/mol. The number of amides is 2. The second-order valence-electron chi connectivity index (χ2n) is 6.83. The van der Waals surface area contributed by atoms with Crippen LogP contribution in [0, 0.1) is 0 Å². The van der Waals surface area contributed by atoms with Gasteiger partial charge in [-0.3, -0.25) is 9.59 Å². The van der Waals surface area contributed by atoms with Gasteiger partial charge in [-0.05, 0) is 42.6 Å². The van der Waals surface area contributed by atoms with E-state index >= 15 is 0 Å². The Morgan fingerprint density at radius 1 is 1.11 bits per heavy atom. The summed E-state index contributed by atoms with van der Waals surface area (Å²) < 4.78 is 0. The maximum atomic E-state index is 13.2. The van der Waals surface area contributed by atoms with Gasteiger partial charge in [0.15, 0.2) is 0 Å². The van der Waals surface area contributed by atoms with E-state index in [-0.39, 0.29) is 11.8 Å². The van der Waals surface area contributed by atoms with Gasteiger partial charge >= 0.3 is 0 Å². The number of nitrogens with one attached hydrogen (secondary N) is 2. The van der Waals surface area contributed by atoms with E-state index in [9.17, 15) is 9.59 Å². The highest BCUT2D eigenvalue weighted by Crippen LogP contribution is 2.27. The molecule has 0 saturated carbocycles. The normalized spacial score (nSPS) is 15.4. The first-order valence-electron chi connectivity index (χ1n) is 9.64. The summed E-state index contributed by atoms with van der Waals surface area (Å²) in [5.41, 5.74) is 2.70. The summed E-state index contributed by atoms with van der Waals surface area (Å²) >= 11 is 0. The highest BCUT2D eigenvalue weighted by atomic mass is 16.2. The Morgan fingerprint density at radius 2 is 1.93 bits per heavy atom. The predicted octanol–water partition coefficient (Wildman–Crippen LogP) is 3.49. The molecule has 0 aromatic heterocycles. The molecule has 3 rings (SSSR count). The molecule has 2 amide bonds. The lowest BCUT2D eigenvalue weighted by molar-refractivity contribution is -0.141. The maximum Gasteiger partial charge on any atom is 0.251 e. The molecule has 1 aliphatic heterocycles. The Kier molecular flexibility index (Phi) is 6.60. The standard InChI is InChI=1S/C22H27N3O2/c1-2-23-16-17-9-8-12-19(15-17)24-22(27)21(18-10-4-3-5-11-18)25-14-7-6-13-20(25)26/h3-5,8-12,15,21,23H,2,6-7,13-14,16H2,1H3,(H,24,27). The van der Waals surface area contributed by atoms with Gasteiger partial charge in [0, 0.05) is 25.2 Å². The zero-order chi connectivity index (χ0) is 19.1. The second kappa shape index (κ2) is 9.33.